The molecule has 0 amide bonds. The van der Waals surface area contributed by atoms with Crippen LogP contribution in [0.4, 0.5) is 0 Å². The molecule has 2 heterocycles. The number of carboxylic acid groups (broad SMARTS) is 1. The lowest BCUT2D eigenvalue weighted by atomic mass is 10.3. The quantitative estimate of drug-likeness (QED) is 0.916. The number of carboxylic acids is 1. The van der Waals surface area contributed by atoms with E-state index in [1.807, 2.05) is 19.5 Å². The monoisotopic (exact) mass is 282 g/mol. The summed E-state index contributed by atoms with van der Waals surface area (Å²) in [6, 6.07) is 1.68. The Morgan fingerprint density at radius 2 is 2.17 bits per heavy atom. The molecule has 0 spiro atoms. The lowest BCUT2D eigenvalue weighted by molar-refractivity contribution is 0.0697. The van der Waals surface area contributed by atoms with Crippen molar-refractivity contribution in [2.45, 2.75) is 6.42 Å². The molecule has 6 heteroatoms. The number of thiazole rings is 1. The Labute approximate surface area is 114 Å². The van der Waals surface area contributed by atoms with Crippen LogP contribution in [0.25, 0.3) is 10.6 Å². The summed E-state index contributed by atoms with van der Waals surface area (Å²) in [7, 11) is 4.07. The third kappa shape index (κ3) is 3.16. The van der Waals surface area contributed by atoms with E-state index in [4.69, 9.17) is 5.11 Å². The average molecular weight is 282 g/mol. The molecule has 0 bridgehead atoms. The fourth-order valence-electron chi connectivity index (χ4n) is 1.44. The second-order valence-corrected chi connectivity index (χ2v) is 6.04. The minimum absolute atomic E-state index is 0.331. The van der Waals surface area contributed by atoms with Gasteiger partial charge in [0.25, 0.3) is 0 Å². The Morgan fingerprint density at radius 3 is 2.78 bits per heavy atom. The minimum atomic E-state index is -0.888. The van der Waals surface area contributed by atoms with Crippen molar-refractivity contribution in [2.24, 2.45) is 0 Å². The molecule has 96 valence electrons. The predicted molar refractivity (Wildman–Crippen MR) is 74.6 cm³/mol. The van der Waals surface area contributed by atoms with Crippen LogP contribution in [-0.4, -0.2) is 41.6 Å². The molecule has 0 aliphatic carbocycles. The van der Waals surface area contributed by atoms with Crippen LogP contribution in [0.5, 0.6) is 0 Å². The Balaban J connectivity index is 2.11. The summed E-state index contributed by atoms with van der Waals surface area (Å²) in [5, 5.41) is 13.6. The summed E-state index contributed by atoms with van der Waals surface area (Å²) in [5.74, 6) is -0.888. The number of carbonyl (C=O) groups is 1. The Bertz CT molecular complexity index is 546. The van der Waals surface area contributed by atoms with Crippen LogP contribution in [0.3, 0.4) is 0 Å². The molecule has 0 aliphatic heterocycles. The molecule has 0 aliphatic rings. The maximum atomic E-state index is 10.8. The van der Waals surface area contributed by atoms with Crippen molar-refractivity contribution < 1.29 is 9.90 Å². The van der Waals surface area contributed by atoms with Gasteiger partial charge < -0.3 is 10.0 Å². The molecule has 4 nitrogen and oxygen atoms in total. The van der Waals surface area contributed by atoms with Crippen molar-refractivity contribution >= 4 is 28.6 Å². The largest absolute Gasteiger partial charge is 0.478 e. The van der Waals surface area contributed by atoms with Crippen LogP contribution in [-0.2, 0) is 6.42 Å². The second kappa shape index (κ2) is 5.60. The zero-order valence-corrected chi connectivity index (χ0v) is 11.8. The first kappa shape index (κ1) is 13.2. The highest BCUT2D eigenvalue weighted by molar-refractivity contribution is 7.14. The van der Waals surface area contributed by atoms with Crippen molar-refractivity contribution in [2.75, 3.05) is 20.6 Å². The summed E-state index contributed by atoms with van der Waals surface area (Å²) in [5.41, 5.74) is 1.21. The SMILES string of the molecule is CN(C)CCc1nc(-c2cc(C(=O)O)cs2)cs1. The molecule has 2 aromatic rings. The van der Waals surface area contributed by atoms with Crippen LogP contribution in [0.2, 0.25) is 0 Å². The summed E-state index contributed by atoms with van der Waals surface area (Å²) in [6.07, 6.45) is 0.925. The zero-order valence-electron chi connectivity index (χ0n) is 10.2. The smallest absolute Gasteiger partial charge is 0.336 e. The second-order valence-electron chi connectivity index (χ2n) is 4.18. The maximum Gasteiger partial charge on any atom is 0.336 e. The molecule has 0 unspecified atom stereocenters. The summed E-state index contributed by atoms with van der Waals surface area (Å²) < 4.78 is 0. The highest BCUT2D eigenvalue weighted by atomic mass is 32.1. The molecule has 0 fully saturated rings. The van der Waals surface area contributed by atoms with E-state index in [1.54, 1.807) is 22.8 Å². The minimum Gasteiger partial charge on any atom is -0.478 e. The third-order valence-electron chi connectivity index (χ3n) is 2.42. The fraction of sp³-hybridized carbons (Fsp3) is 0.333. The standard InChI is InChI=1S/C12H14N2O2S2/c1-14(2)4-3-11-13-9(7-18-11)10-5-8(6-17-10)12(15)16/h5-7H,3-4H2,1-2H3,(H,15,16). The molecule has 2 aromatic heterocycles. The van der Waals surface area contributed by atoms with Crippen LogP contribution in [0, 0.1) is 0 Å². The van der Waals surface area contributed by atoms with Gasteiger partial charge in [0.1, 0.15) is 0 Å². The molecule has 0 aromatic carbocycles. The van der Waals surface area contributed by atoms with Crippen molar-refractivity contribution in [1.29, 1.82) is 0 Å². The molecule has 2 rings (SSSR count). The van der Waals surface area contributed by atoms with E-state index in [1.165, 1.54) is 11.3 Å². The topological polar surface area (TPSA) is 53.4 Å². The van der Waals surface area contributed by atoms with Gasteiger partial charge in [-0.25, -0.2) is 9.78 Å². The van der Waals surface area contributed by atoms with Gasteiger partial charge in [-0.05, 0) is 20.2 Å². The summed E-state index contributed by atoms with van der Waals surface area (Å²) in [4.78, 5) is 18.4. The number of likely N-dealkylation sites (N-methyl/N-ethyl adjacent to an activating group) is 1. The van der Waals surface area contributed by atoms with E-state index in [9.17, 15) is 4.79 Å². The van der Waals surface area contributed by atoms with E-state index >= 15 is 0 Å². The predicted octanol–water partition coefficient (Wildman–Crippen LogP) is 2.67. The van der Waals surface area contributed by atoms with Gasteiger partial charge in [0.05, 0.1) is 21.1 Å². The zero-order chi connectivity index (χ0) is 13.1. The molecule has 0 atom stereocenters. The number of nitrogens with zero attached hydrogens (tertiary/aromatic N) is 2. The number of rotatable bonds is 5. The van der Waals surface area contributed by atoms with Gasteiger partial charge in [-0.2, -0.15) is 0 Å². The Hall–Kier alpha value is -1.24. The van der Waals surface area contributed by atoms with E-state index in [0.29, 0.717) is 5.56 Å². The fourth-order valence-corrected chi connectivity index (χ4v) is 3.15. The lowest BCUT2D eigenvalue weighted by Gasteiger charge is -2.06. The Kier molecular flexibility index (Phi) is 4.11. The number of aromatic nitrogens is 1. The van der Waals surface area contributed by atoms with Gasteiger partial charge in [0, 0.05) is 23.7 Å². The highest BCUT2D eigenvalue weighted by Gasteiger charge is 2.10. The molecule has 0 saturated heterocycles. The van der Waals surface area contributed by atoms with E-state index in [0.717, 1.165) is 28.5 Å². The normalized spacial score (nSPS) is 11.1. The van der Waals surface area contributed by atoms with Crippen LogP contribution >= 0.6 is 22.7 Å². The lowest BCUT2D eigenvalue weighted by Crippen LogP contribution is -2.14. The first-order chi connectivity index (χ1) is 8.56. The molecule has 0 saturated carbocycles. The van der Waals surface area contributed by atoms with E-state index in [-0.39, 0.29) is 0 Å². The molecular weight excluding hydrogens is 268 g/mol. The van der Waals surface area contributed by atoms with Gasteiger partial charge in [0.2, 0.25) is 0 Å². The van der Waals surface area contributed by atoms with Crippen molar-refractivity contribution in [3.05, 3.63) is 27.4 Å². The molecule has 18 heavy (non-hydrogen) atoms. The molecule has 1 N–H and O–H groups in total. The van der Waals surface area contributed by atoms with E-state index in [2.05, 4.69) is 9.88 Å². The van der Waals surface area contributed by atoms with Gasteiger partial charge >= 0.3 is 5.97 Å². The van der Waals surface area contributed by atoms with Crippen molar-refractivity contribution in [3.8, 4) is 10.6 Å². The summed E-state index contributed by atoms with van der Waals surface area (Å²) in [6.45, 7) is 0.970. The summed E-state index contributed by atoms with van der Waals surface area (Å²) >= 11 is 3.05. The average Bonchev–Trinajstić information content (AvgIpc) is 2.95. The Morgan fingerprint density at radius 1 is 1.39 bits per heavy atom. The molecule has 0 radical (unpaired) electrons. The van der Waals surface area contributed by atoms with E-state index < -0.39 is 5.97 Å². The van der Waals surface area contributed by atoms with Gasteiger partial charge in [0.15, 0.2) is 0 Å². The van der Waals surface area contributed by atoms with Gasteiger partial charge in [-0.3, -0.25) is 0 Å². The number of hydrogen-bond donors (Lipinski definition) is 1. The molecular formula is C12H14N2O2S2. The van der Waals surface area contributed by atoms with Crippen LogP contribution in [0.15, 0.2) is 16.8 Å². The van der Waals surface area contributed by atoms with Crippen LogP contribution < -0.4 is 0 Å². The number of hydrogen-bond acceptors (Lipinski definition) is 5. The third-order valence-corrected chi connectivity index (χ3v) is 4.28. The van der Waals surface area contributed by atoms with Crippen molar-refractivity contribution in [3.63, 3.8) is 0 Å². The van der Waals surface area contributed by atoms with Crippen molar-refractivity contribution in [1.82, 2.24) is 9.88 Å². The maximum absolute atomic E-state index is 10.8. The first-order valence-electron chi connectivity index (χ1n) is 5.47. The van der Waals surface area contributed by atoms with Crippen LogP contribution in [0.1, 0.15) is 15.4 Å². The first-order valence-corrected chi connectivity index (χ1v) is 7.23. The highest BCUT2D eigenvalue weighted by Crippen LogP contribution is 2.28. The number of aromatic carboxylic acids is 1. The van der Waals surface area contributed by atoms with Gasteiger partial charge in [-0.15, -0.1) is 22.7 Å². The van der Waals surface area contributed by atoms with Gasteiger partial charge in [-0.1, -0.05) is 0 Å². The number of thiophene rings is 1.